The van der Waals surface area contributed by atoms with E-state index >= 15 is 0 Å². The maximum Gasteiger partial charge on any atom is 0.226 e. The van der Waals surface area contributed by atoms with Gasteiger partial charge in [0.15, 0.2) is 0 Å². The predicted octanol–water partition coefficient (Wildman–Crippen LogP) is 3.24. The summed E-state index contributed by atoms with van der Waals surface area (Å²) < 4.78 is 0. The Morgan fingerprint density at radius 1 is 1.23 bits per heavy atom. The van der Waals surface area contributed by atoms with Gasteiger partial charge in [-0.1, -0.05) is 35.9 Å². The molecule has 0 saturated carbocycles. The zero-order chi connectivity index (χ0) is 22.2. The van der Waals surface area contributed by atoms with Gasteiger partial charge in [0.05, 0.1) is 12.0 Å². The molecule has 2 aromatic rings. The normalized spacial score (nSPS) is 21.1. The van der Waals surface area contributed by atoms with Gasteiger partial charge >= 0.3 is 0 Å². The van der Waals surface area contributed by atoms with E-state index in [4.69, 9.17) is 11.6 Å². The standard InChI is InChI=1S/C25H31ClN2O3/c1-27(2)24(31)19(13-18-14-20(29)7-8-22(18)26)16-28-11-9-25(10-12-28)21-6-4-3-5-17(21)15-23(25)30/h3-8,14,19,23,29-30H,9-13,15-16H2,1-2H3. The van der Waals surface area contributed by atoms with E-state index in [1.807, 2.05) is 6.07 Å². The third-order valence-electron chi connectivity index (χ3n) is 7.12. The molecular weight excluding hydrogens is 412 g/mol. The van der Waals surface area contributed by atoms with Crippen LogP contribution in [0.2, 0.25) is 5.02 Å². The van der Waals surface area contributed by atoms with Crippen LogP contribution in [-0.2, 0) is 23.1 Å². The number of piperidine rings is 1. The number of halogens is 1. The molecule has 2 atom stereocenters. The van der Waals surface area contributed by atoms with E-state index in [-0.39, 0.29) is 29.1 Å². The molecule has 1 spiro atoms. The number of hydrogen-bond acceptors (Lipinski definition) is 4. The van der Waals surface area contributed by atoms with Crippen molar-refractivity contribution in [2.45, 2.75) is 37.2 Å². The first kappa shape index (κ1) is 22.1. The number of fused-ring (bicyclic) bond motifs is 2. The molecule has 0 radical (unpaired) electrons. The molecule has 2 aliphatic rings. The largest absolute Gasteiger partial charge is 0.508 e. The summed E-state index contributed by atoms with van der Waals surface area (Å²) in [6.45, 7) is 2.32. The van der Waals surface area contributed by atoms with E-state index in [2.05, 4.69) is 23.1 Å². The fourth-order valence-electron chi connectivity index (χ4n) is 5.39. The Hall–Kier alpha value is -2.08. The number of rotatable bonds is 5. The molecule has 2 unspecified atom stereocenters. The first-order chi connectivity index (χ1) is 14.8. The molecule has 1 aliphatic heterocycles. The number of aliphatic hydroxyl groups is 1. The van der Waals surface area contributed by atoms with Crippen molar-refractivity contribution in [1.29, 1.82) is 0 Å². The van der Waals surface area contributed by atoms with Gasteiger partial charge in [-0.3, -0.25) is 4.79 Å². The van der Waals surface area contributed by atoms with Gasteiger partial charge in [0.25, 0.3) is 0 Å². The van der Waals surface area contributed by atoms with E-state index < -0.39 is 0 Å². The number of amides is 1. The number of phenols is 1. The quantitative estimate of drug-likeness (QED) is 0.746. The fourth-order valence-corrected chi connectivity index (χ4v) is 5.59. The lowest BCUT2D eigenvalue weighted by atomic mass is 9.72. The minimum absolute atomic E-state index is 0.0611. The van der Waals surface area contributed by atoms with E-state index in [1.54, 1.807) is 37.2 Å². The summed E-state index contributed by atoms with van der Waals surface area (Å²) in [5.41, 5.74) is 3.19. The van der Waals surface area contributed by atoms with Crippen LogP contribution in [0.1, 0.15) is 29.5 Å². The Morgan fingerprint density at radius 3 is 2.65 bits per heavy atom. The summed E-state index contributed by atoms with van der Waals surface area (Å²) in [5, 5.41) is 21.3. The summed E-state index contributed by atoms with van der Waals surface area (Å²) >= 11 is 6.34. The molecule has 1 heterocycles. The van der Waals surface area contributed by atoms with Crippen molar-refractivity contribution in [2.75, 3.05) is 33.7 Å². The molecule has 31 heavy (non-hydrogen) atoms. The van der Waals surface area contributed by atoms with Crippen LogP contribution in [0.25, 0.3) is 0 Å². The van der Waals surface area contributed by atoms with E-state index in [0.29, 0.717) is 18.0 Å². The predicted molar refractivity (Wildman–Crippen MR) is 123 cm³/mol. The number of carbonyl (C=O) groups excluding carboxylic acids is 1. The molecule has 1 fully saturated rings. The summed E-state index contributed by atoms with van der Waals surface area (Å²) in [6, 6.07) is 13.3. The molecule has 0 bridgehead atoms. The number of carbonyl (C=O) groups is 1. The Morgan fingerprint density at radius 2 is 1.94 bits per heavy atom. The van der Waals surface area contributed by atoms with Gasteiger partial charge in [0.1, 0.15) is 5.75 Å². The molecule has 2 N–H and O–H groups in total. The first-order valence-electron chi connectivity index (χ1n) is 11.0. The van der Waals surface area contributed by atoms with Gasteiger partial charge in [0.2, 0.25) is 5.91 Å². The Bertz CT molecular complexity index is 954. The molecule has 1 saturated heterocycles. The van der Waals surface area contributed by atoms with E-state index in [1.165, 1.54) is 11.1 Å². The van der Waals surface area contributed by atoms with Crippen molar-refractivity contribution in [3.63, 3.8) is 0 Å². The highest BCUT2D eigenvalue weighted by Crippen LogP contribution is 2.46. The average molecular weight is 443 g/mol. The number of aliphatic hydroxyl groups excluding tert-OH is 1. The van der Waals surface area contributed by atoms with Crippen LogP contribution in [0.3, 0.4) is 0 Å². The topological polar surface area (TPSA) is 64.0 Å². The fraction of sp³-hybridized carbons (Fsp3) is 0.480. The van der Waals surface area contributed by atoms with Gasteiger partial charge in [-0.25, -0.2) is 0 Å². The van der Waals surface area contributed by atoms with Crippen LogP contribution in [0, 0.1) is 5.92 Å². The molecule has 6 heteroatoms. The highest BCUT2D eigenvalue weighted by Gasteiger charge is 2.47. The van der Waals surface area contributed by atoms with Crippen molar-refractivity contribution < 1.29 is 15.0 Å². The Labute approximate surface area is 189 Å². The number of likely N-dealkylation sites (tertiary alicyclic amines) is 1. The number of hydrogen-bond donors (Lipinski definition) is 2. The molecule has 5 nitrogen and oxygen atoms in total. The average Bonchev–Trinajstić information content (AvgIpc) is 3.02. The molecule has 166 valence electrons. The van der Waals surface area contributed by atoms with Crippen LogP contribution in [0.5, 0.6) is 5.75 Å². The number of benzene rings is 2. The minimum atomic E-state index is -0.336. The molecular formula is C25H31ClN2O3. The van der Waals surface area contributed by atoms with Crippen LogP contribution >= 0.6 is 11.6 Å². The Kier molecular flexibility index (Phi) is 6.29. The van der Waals surface area contributed by atoms with Crippen molar-refractivity contribution in [1.82, 2.24) is 9.80 Å². The highest BCUT2D eigenvalue weighted by atomic mass is 35.5. The van der Waals surface area contributed by atoms with Crippen LogP contribution in [0.4, 0.5) is 0 Å². The van der Waals surface area contributed by atoms with Crippen LogP contribution < -0.4 is 0 Å². The van der Waals surface area contributed by atoms with Crippen molar-refractivity contribution in [3.05, 3.63) is 64.2 Å². The van der Waals surface area contributed by atoms with Crippen molar-refractivity contribution in [3.8, 4) is 5.75 Å². The smallest absolute Gasteiger partial charge is 0.226 e. The summed E-state index contributed by atoms with van der Waals surface area (Å²) in [7, 11) is 3.55. The third kappa shape index (κ3) is 4.32. The number of nitrogens with zero attached hydrogens (tertiary/aromatic N) is 2. The van der Waals surface area contributed by atoms with Gasteiger partial charge < -0.3 is 20.0 Å². The van der Waals surface area contributed by atoms with Gasteiger partial charge in [-0.2, -0.15) is 0 Å². The zero-order valence-corrected chi connectivity index (χ0v) is 19.0. The minimum Gasteiger partial charge on any atom is -0.508 e. The molecule has 0 aromatic heterocycles. The zero-order valence-electron chi connectivity index (χ0n) is 18.2. The maximum absolute atomic E-state index is 12.9. The SMILES string of the molecule is CN(C)C(=O)C(Cc1cc(O)ccc1Cl)CN1CCC2(CC1)c1ccccc1CC2O. The second-order valence-electron chi connectivity index (χ2n) is 9.24. The first-order valence-corrected chi connectivity index (χ1v) is 11.4. The third-order valence-corrected chi connectivity index (χ3v) is 7.49. The summed E-state index contributed by atoms with van der Waals surface area (Å²) in [4.78, 5) is 16.9. The second-order valence-corrected chi connectivity index (χ2v) is 9.65. The van der Waals surface area contributed by atoms with Crippen molar-refractivity contribution in [2.24, 2.45) is 5.92 Å². The number of phenolic OH excluding ortho intramolecular Hbond substituents is 1. The monoisotopic (exact) mass is 442 g/mol. The summed E-state index contributed by atoms with van der Waals surface area (Å²) in [6.07, 6.45) is 2.66. The van der Waals surface area contributed by atoms with Gasteiger partial charge in [-0.15, -0.1) is 0 Å². The lowest BCUT2D eigenvalue weighted by molar-refractivity contribution is -0.133. The molecule has 1 aliphatic carbocycles. The molecule has 4 rings (SSSR count). The summed E-state index contributed by atoms with van der Waals surface area (Å²) in [5.74, 6) is -0.0284. The Balaban J connectivity index is 1.48. The lowest BCUT2D eigenvalue weighted by Gasteiger charge is -2.43. The van der Waals surface area contributed by atoms with Gasteiger partial charge in [-0.05, 0) is 73.7 Å². The lowest BCUT2D eigenvalue weighted by Crippen LogP contribution is -2.49. The van der Waals surface area contributed by atoms with Crippen LogP contribution in [-0.4, -0.2) is 65.8 Å². The maximum atomic E-state index is 12.9. The van der Waals surface area contributed by atoms with Crippen molar-refractivity contribution >= 4 is 17.5 Å². The van der Waals surface area contributed by atoms with Crippen LogP contribution in [0.15, 0.2) is 42.5 Å². The molecule has 1 amide bonds. The van der Waals surface area contributed by atoms with E-state index in [9.17, 15) is 15.0 Å². The second kappa shape index (κ2) is 8.81. The number of aromatic hydroxyl groups is 1. The van der Waals surface area contributed by atoms with E-state index in [0.717, 1.165) is 37.9 Å². The highest BCUT2D eigenvalue weighted by molar-refractivity contribution is 6.31. The molecule has 2 aromatic carbocycles. The van der Waals surface area contributed by atoms with Gasteiger partial charge in [0, 0.05) is 31.1 Å².